The lowest BCUT2D eigenvalue weighted by Crippen LogP contribution is -2.43. The van der Waals surface area contributed by atoms with Crippen molar-refractivity contribution >= 4 is 17.6 Å². The minimum atomic E-state index is -3.07. The van der Waals surface area contributed by atoms with Gasteiger partial charge >= 0.3 is 0 Å². The first-order valence-electron chi connectivity index (χ1n) is 7.77. The van der Waals surface area contributed by atoms with Gasteiger partial charge in [0.15, 0.2) is 0 Å². The number of ketones is 1. The molecule has 1 saturated heterocycles. The SMILES string of the molecule is CC(F)(F)CNC(=O)C(=O)[C@H]1CNC(=O)[C@@H]1C1CCCCC1. The average Bonchev–Trinajstić information content (AvgIpc) is 2.86. The predicted octanol–water partition coefficient (Wildman–Crippen LogP) is 1.27. The summed E-state index contributed by atoms with van der Waals surface area (Å²) in [7, 11) is 0. The molecule has 1 saturated carbocycles. The van der Waals surface area contributed by atoms with Crippen LogP contribution in [0.15, 0.2) is 0 Å². The number of halogens is 2. The van der Waals surface area contributed by atoms with Crippen LogP contribution in [0.25, 0.3) is 0 Å². The summed E-state index contributed by atoms with van der Waals surface area (Å²) in [4.78, 5) is 36.0. The number of hydrogen-bond donors (Lipinski definition) is 2. The van der Waals surface area contributed by atoms with Gasteiger partial charge < -0.3 is 10.6 Å². The Balaban J connectivity index is 2.00. The summed E-state index contributed by atoms with van der Waals surface area (Å²) in [5.41, 5.74) is 0. The molecular weight excluding hydrogens is 294 g/mol. The van der Waals surface area contributed by atoms with Crippen LogP contribution in [0.1, 0.15) is 39.0 Å². The van der Waals surface area contributed by atoms with Crippen LogP contribution in [-0.2, 0) is 14.4 Å². The van der Waals surface area contributed by atoms with Crippen LogP contribution in [0, 0.1) is 17.8 Å². The third kappa shape index (κ3) is 4.01. The van der Waals surface area contributed by atoms with Gasteiger partial charge in [0.05, 0.1) is 18.4 Å². The van der Waals surface area contributed by atoms with Gasteiger partial charge in [0.2, 0.25) is 11.7 Å². The summed E-state index contributed by atoms with van der Waals surface area (Å²) in [6, 6.07) is 0. The molecule has 7 heteroatoms. The third-order valence-electron chi connectivity index (χ3n) is 4.51. The molecule has 0 bridgehead atoms. The molecule has 0 unspecified atom stereocenters. The van der Waals surface area contributed by atoms with Gasteiger partial charge in [-0.25, -0.2) is 8.78 Å². The van der Waals surface area contributed by atoms with E-state index in [0.717, 1.165) is 32.1 Å². The number of carbonyl (C=O) groups is 3. The van der Waals surface area contributed by atoms with Crippen molar-refractivity contribution in [2.75, 3.05) is 13.1 Å². The van der Waals surface area contributed by atoms with Crippen molar-refractivity contribution in [2.24, 2.45) is 17.8 Å². The molecule has 2 aliphatic rings. The molecule has 1 aliphatic heterocycles. The fourth-order valence-corrected chi connectivity index (χ4v) is 3.42. The minimum absolute atomic E-state index is 0.102. The number of carbonyl (C=O) groups excluding carboxylic acids is 3. The number of hydrogen-bond acceptors (Lipinski definition) is 3. The maximum absolute atomic E-state index is 12.8. The van der Waals surface area contributed by atoms with Crippen LogP contribution in [0.4, 0.5) is 8.78 Å². The number of nitrogens with one attached hydrogen (secondary N) is 2. The van der Waals surface area contributed by atoms with Crippen molar-refractivity contribution < 1.29 is 23.2 Å². The summed E-state index contributed by atoms with van der Waals surface area (Å²) >= 11 is 0. The molecule has 22 heavy (non-hydrogen) atoms. The highest BCUT2D eigenvalue weighted by Gasteiger charge is 2.45. The number of Topliss-reactive ketones (excluding diaryl/α,β-unsaturated/α-hetero) is 1. The Morgan fingerprint density at radius 2 is 1.91 bits per heavy atom. The third-order valence-corrected chi connectivity index (χ3v) is 4.51. The van der Waals surface area contributed by atoms with Gasteiger partial charge in [0.25, 0.3) is 11.8 Å². The first-order valence-corrected chi connectivity index (χ1v) is 7.77. The normalized spacial score (nSPS) is 26.6. The first-order chi connectivity index (χ1) is 10.3. The molecule has 124 valence electrons. The molecular formula is C15H22F2N2O3. The topological polar surface area (TPSA) is 75.3 Å². The van der Waals surface area contributed by atoms with Crippen LogP contribution in [0.3, 0.4) is 0 Å². The van der Waals surface area contributed by atoms with Gasteiger partial charge in [0.1, 0.15) is 0 Å². The van der Waals surface area contributed by atoms with Gasteiger partial charge in [-0.05, 0) is 18.8 Å². The van der Waals surface area contributed by atoms with Crippen molar-refractivity contribution in [2.45, 2.75) is 45.0 Å². The zero-order chi connectivity index (χ0) is 16.3. The molecule has 2 fully saturated rings. The molecule has 0 radical (unpaired) electrons. The predicted molar refractivity (Wildman–Crippen MR) is 75.2 cm³/mol. The van der Waals surface area contributed by atoms with Gasteiger partial charge in [-0.2, -0.15) is 0 Å². The van der Waals surface area contributed by atoms with Crippen molar-refractivity contribution in [3.63, 3.8) is 0 Å². The highest BCUT2D eigenvalue weighted by molar-refractivity contribution is 6.37. The van der Waals surface area contributed by atoms with E-state index < -0.39 is 36.0 Å². The fraction of sp³-hybridized carbons (Fsp3) is 0.800. The van der Waals surface area contributed by atoms with Gasteiger partial charge in [-0.1, -0.05) is 19.3 Å². The zero-order valence-electron chi connectivity index (χ0n) is 12.7. The number of amides is 2. The molecule has 2 atom stereocenters. The quantitative estimate of drug-likeness (QED) is 0.750. The second-order valence-corrected chi connectivity index (χ2v) is 6.39. The van der Waals surface area contributed by atoms with E-state index in [2.05, 4.69) is 5.32 Å². The monoisotopic (exact) mass is 316 g/mol. The summed E-state index contributed by atoms with van der Waals surface area (Å²) in [5, 5.41) is 4.60. The van der Waals surface area contributed by atoms with E-state index in [1.54, 1.807) is 0 Å². The zero-order valence-corrected chi connectivity index (χ0v) is 12.7. The molecule has 2 N–H and O–H groups in total. The lowest BCUT2D eigenvalue weighted by Gasteiger charge is -2.28. The fourth-order valence-electron chi connectivity index (χ4n) is 3.42. The molecule has 0 aromatic rings. The van der Waals surface area contributed by atoms with E-state index >= 15 is 0 Å². The van der Waals surface area contributed by atoms with Crippen LogP contribution in [0.5, 0.6) is 0 Å². The summed E-state index contributed by atoms with van der Waals surface area (Å²) in [6.45, 7) is -0.0855. The molecule has 0 aromatic heterocycles. The van der Waals surface area contributed by atoms with E-state index in [9.17, 15) is 23.2 Å². The Kier molecular flexibility index (Phi) is 5.13. The molecule has 1 heterocycles. The average molecular weight is 316 g/mol. The van der Waals surface area contributed by atoms with Crippen molar-refractivity contribution in [1.82, 2.24) is 10.6 Å². The van der Waals surface area contributed by atoms with E-state index in [-0.39, 0.29) is 18.4 Å². The summed E-state index contributed by atoms with van der Waals surface area (Å²) < 4.78 is 25.5. The van der Waals surface area contributed by atoms with Gasteiger partial charge in [0, 0.05) is 13.5 Å². The maximum Gasteiger partial charge on any atom is 0.287 e. The second kappa shape index (κ2) is 6.71. The highest BCUT2D eigenvalue weighted by atomic mass is 19.3. The molecule has 0 spiro atoms. The molecule has 0 aromatic carbocycles. The van der Waals surface area contributed by atoms with Crippen molar-refractivity contribution in [3.8, 4) is 0 Å². The molecule has 2 amide bonds. The minimum Gasteiger partial charge on any atom is -0.355 e. The standard InChI is InChI=1S/C15H22F2N2O3/c1-15(16,17)8-19-14(22)12(20)10-7-18-13(21)11(10)9-5-3-2-4-6-9/h9-11H,2-8H2,1H3,(H,18,21)(H,19,22)/t10-,11+/m0/s1. The molecule has 5 nitrogen and oxygen atoms in total. The smallest absolute Gasteiger partial charge is 0.287 e. The van der Waals surface area contributed by atoms with E-state index in [0.29, 0.717) is 6.92 Å². The van der Waals surface area contributed by atoms with Crippen molar-refractivity contribution in [1.29, 1.82) is 0 Å². The Labute approximate surface area is 128 Å². The molecule has 2 rings (SSSR count). The van der Waals surface area contributed by atoms with Gasteiger partial charge in [-0.15, -0.1) is 0 Å². The molecule has 1 aliphatic carbocycles. The first kappa shape index (κ1) is 16.8. The Hall–Kier alpha value is -1.53. The van der Waals surface area contributed by atoms with E-state index in [1.807, 2.05) is 5.32 Å². The number of rotatable bonds is 5. The van der Waals surface area contributed by atoms with E-state index in [1.165, 1.54) is 0 Å². The summed E-state index contributed by atoms with van der Waals surface area (Å²) in [5.74, 6) is -6.18. The Bertz CT molecular complexity index is 456. The highest BCUT2D eigenvalue weighted by Crippen LogP contribution is 2.36. The van der Waals surface area contributed by atoms with Crippen LogP contribution < -0.4 is 10.6 Å². The lowest BCUT2D eigenvalue weighted by atomic mass is 9.74. The van der Waals surface area contributed by atoms with Crippen molar-refractivity contribution in [3.05, 3.63) is 0 Å². The van der Waals surface area contributed by atoms with E-state index in [4.69, 9.17) is 0 Å². The Morgan fingerprint density at radius 3 is 2.50 bits per heavy atom. The maximum atomic E-state index is 12.8. The van der Waals surface area contributed by atoms with Crippen LogP contribution in [-0.4, -0.2) is 36.6 Å². The second-order valence-electron chi connectivity index (χ2n) is 6.39. The Morgan fingerprint density at radius 1 is 1.27 bits per heavy atom. The van der Waals surface area contributed by atoms with Crippen LogP contribution in [0.2, 0.25) is 0 Å². The largest absolute Gasteiger partial charge is 0.355 e. The number of alkyl halides is 2. The van der Waals surface area contributed by atoms with Gasteiger partial charge in [-0.3, -0.25) is 14.4 Å². The lowest BCUT2D eigenvalue weighted by molar-refractivity contribution is -0.142. The van der Waals surface area contributed by atoms with Crippen LogP contribution >= 0.6 is 0 Å². The summed E-state index contributed by atoms with van der Waals surface area (Å²) in [6.07, 6.45) is 4.90.